The molecular weight excluding hydrogens is 356 g/mol. The minimum atomic E-state index is 0.307. The average Bonchev–Trinajstić information content (AvgIpc) is 3.40. The van der Waals surface area contributed by atoms with Crippen LogP contribution < -0.4 is 0 Å². The van der Waals surface area contributed by atoms with Crippen LogP contribution in [0.15, 0.2) is 0 Å². The van der Waals surface area contributed by atoms with Crippen LogP contribution in [0, 0.1) is 11.8 Å². The molecule has 1 atom stereocenters. The van der Waals surface area contributed by atoms with Crippen molar-refractivity contribution >= 4 is 5.91 Å². The summed E-state index contributed by atoms with van der Waals surface area (Å²) >= 11 is 0. The van der Waals surface area contributed by atoms with Crippen molar-refractivity contribution in [3.05, 3.63) is 5.82 Å². The van der Waals surface area contributed by atoms with Crippen molar-refractivity contribution in [3.8, 4) is 0 Å². The van der Waals surface area contributed by atoms with Gasteiger partial charge in [0, 0.05) is 39.1 Å². The minimum absolute atomic E-state index is 0.307. The molecule has 2 aliphatic heterocycles. The molecular formula is C20H34N6O2. The van der Waals surface area contributed by atoms with Gasteiger partial charge in [-0.15, -0.1) is 5.10 Å². The zero-order chi connectivity index (χ0) is 19.2. The Morgan fingerprint density at radius 3 is 2.68 bits per heavy atom. The lowest BCUT2D eigenvalue weighted by molar-refractivity contribution is -0.130. The van der Waals surface area contributed by atoms with E-state index in [1.54, 1.807) is 0 Å². The zero-order valence-electron chi connectivity index (χ0n) is 17.0. The van der Waals surface area contributed by atoms with Crippen LogP contribution in [0.5, 0.6) is 0 Å². The van der Waals surface area contributed by atoms with Gasteiger partial charge in [0.25, 0.3) is 0 Å². The standard InChI is InChI=1S/C20H34N6O2/c27-20(25-10-8-18(15-25)17-5-2-1-3-6-17)7-4-9-26-19(21-22-23-26)16-24-11-13-28-14-12-24/h17-18H,1-16H2/t18-/m0/s1. The van der Waals surface area contributed by atoms with Gasteiger partial charge in [-0.25, -0.2) is 4.68 Å². The molecule has 0 bridgehead atoms. The normalized spacial score (nSPS) is 24.7. The highest BCUT2D eigenvalue weighted by Gasteiger charge is 2.32. The first-order valence-corrected chi connectivity index (χ1v) is 11.1. The topological polar surface area (TPSA) is 76.4 Å². The lowest BCUT2D eigenvalue weighted by atomic mass is 9.80. The van der Waals surface area contributed by atoms with E-state index in [2.05, 4.69) is 25.3 Å². The second-order valence-corrected chi connectivity index (χ2v) is 8.60. The molecule has 0 unspecified atom stereocenters. The van der Waals surface area contributed by atoms with E-state index in [9.17, 15) is 4.79 Å². The number of hydrogen-bond acceptors (Lipinski definition) is 6. The second-order valence-electron chi connectivity index (χ2n) is 8.60. The van der Waals surface area contributed by atoms with Gasteiger partial charge in [-0.1, -0.05) is 32.1 Å². The van der Waals surface area contributed by atoms with Gasteiger partial charge in [-0.3, -0.25) is 9.69 Å². The monoisotopic (exact) mass is 390 g/mol. The van der Waals surface area contributed by atoms with Crippen LogP contribution in [0.3, 0.4) is 0 Å². The Morgan fingerprint density at radius 1 is 1.04 bits per heavy atom. The highest BCUT2D eigenvalue weighted by molar-refractivity contribution is 5.76. The SMILES string of the molecule is O=C(CCCn1nnnc1CN1CCOCC1)N1CC[C@H](C2CCCCC2)C1. The second kappa shape index (κ2) is 9.78. The van der Waals surface area contributed by atoms with Crippen LogP contribution in [0.2, 0.25) is 0 Å². The molecule has 0 N–H and O–H groups in total. The molecule has 28 heavy (non-hydrogen) atoms. The number of rotatable bonds is 7. The quantitative estimate of drug-likeness (QED) is 0.706. The summed E-state index contributed by atoms with van der Waals surface area (Å²) in [6.07, 6.45) is 9.50. The fourth-order valence-electron chi connectivity index (χ4n) is 5.01. The summed E-state index contributed by atoms with van der Waals surface area (Å²) in [5.74, 6) is 2.79. The van der Waals surface area contributed by atoms with E-state index in [0.717, 1.165) is 70.0 Å². The molecule has 3 aliphatic rings. The molecule has 0 radical (unpaired) electrons. The fourth-order valence-corrected chi connectivity index (χ4v) is 5.01. The number of nitrogens with zero attached hydrogens (tertiary/aromatic N) is 6. The largest absolute Gasteiger partial charge is 0.379 e. The number of amides is 1. The molecule has 8 heteroatoms. The van der Waals surface area contributed by atoms with Crippen LogP contribution in [0.25, 0.3) is 0 Å². The first-order chi connectivity index (χ1) is 13.8. The summed E-state index contributed by atoms with van der Waals surface area (Å²) in [4.78, 5) is 17.1. The minimum Gasteiger partial charge on any atom is -0.379 e. The molecule has 2 saturated heterocycles. The Kier molecular flexibility index (Phi) is 6.90. The van der Waals surface area contributed by atoms with Gasteiger partial charge in [-0.05, 0) is 35.1 Å². The number of carbonyl (C=O) groups is 1. The summed E-state index contributed by atoms with van der Waals surface area (Å²) < 4.78 is 7.25. The predicted molar refractivity (Wildman–Crippen MR) is 104 cm³/mol. The van der Waals surface area contributed by atoms with E-state index in [4.69, 9.17) is 4.74 Å². The predicted octanol–water partition coefficient (Wildman–Crippen LogP) is 1.71. The first kappa shape index (κ1) is 19.8. The van der Waals surface area contributed by atoms with Crippen molar-refractivity contribution in [1.29, 1.82) is 0 Å². The third kappa shape index (κ3) is 5.08. The number of aryl methyl sites for hydroxylation is 1. The number of aromatic nitrogens is 4. The molecule has 0 aromatic carbocycles. The van der Waals surface area contributed by atoms with Gasteiger partial charge in [0.15, 0.2) is 5.82 Å². The molecule has 3 fully saturated rings. The maximum atomic E-state index is 12.6. The van der Waals surface area contributed by atoms with Crippen LogP contribution in [0.1, 0.15) is 57.2 Å². The van der Waals surface area contributed by atoms with Crippen LogP contribution in [0.4, 0.5) is 0 Å². The third-order valence-corrected chi connectivity index (χ3v) is 6.73. The summed E-state index contributed by atoms with van der Waals surface area (Å²) in [7, 11) is 0. The Bertz CT molecular complexity index is 624. The van der Waals surface area contributed by atoms with Crippen molar-refractivity contribution in [3.63, 3.8) is 0 Å². The number of carbonyl (C=O) groups excluding carboxylic acids is 1. The highest BCUT2D eigenvalue weighted by Crippen LogP contribution is 2.35. The maximum Gasteiger partial charge on any atom is 0.222 e. The zero-order valence-corrected chi connectivity index (χ0v) is 17.0. The molecule has 3 heterocycles. The van der Waals surface area contributed by atoms with E-state index >= 15 is 0 Å². The van der Waals surface area contributed by atoms with E-state index in [1.807, 2.05) is 4.68 Å². The van der Waals surface area contributed by atoms with Gasteiger partial charge in [0.05, 0.1) is 19.8 Å². The maximum absolute atomic E-state index is 12.6. The van der Waals surface area contributed by atoms with Gasteiger partial charge < -0.3 is 9.64 Å². The Labute approximate surface area is 167 Å². The summed E-state index contributed by atoms with van der Waals surface area (Å²) in [5.41, 5.74) is 0. The van der Waals surface area contributed by atoms with Crippen molar-refractivity contribution in [1.82, 2.24) is 30.0 Å². The van der Waals surface area contributed by atoms with Crippen molar-refractivity contribution in [2.24, 2.45) is 11.8 Å². The van der Waals surface area contributed by atoms with Crippen molar-refractivity contribution < 1.29 is 9.53 Å². The third-order valence-electron chi connectivity index (χ3n) is 6.73. The molecule has 4 rings (SSSR count). The molecule has 156 valence electrons. The number of likely N-dealkylation sites (tertiary alicyclic amines) is 1. The lowest BCUT2D eigenvalue weighted by Crippen LogP contribution is -2.36. The Balaban J connectivity index is 1.19. The van der Waals surface area contributed by atoms with E-state index in [1.165, 1.54) is 38.5 Å². The van der Waals surface area contributed by atoms with Crippen LogP contribution in [-0.4, -0.2) is 75.3 Å². The molecule has 8 nitrogen and oxygen atoms in total. The smallest absolute Gasteiger partial charge is 0.222 e. The summed E-state index contributed by atoms with van der Waals surface area (Å²) in [6.45, 7) is 6.77. The molecule has 0 spiro atoms. The fraction of sp³-hybridized carbons (Fsp3) is 0.900. The molecule has 1 aromatic heterocycles. The van der Waals surface area contributed by atoms with Gasteiger partial charge in [0.1, 0.15) is 0 Å². The van der Waals surface area contributed by atoms with Crippen LogP contribution >= 0.6 is 0 Å². The molecule has 1 aliphatic carbocycles. The number of ether oxygens (including phenoxy) is 1. The van der Waals surface area contributed by atoms with Gasteiger partial charge in [0.2, 0.25) is 5.91 Å². The van der Waals surface area contributed by atoms with Crippen molar-refractivity contribution in [2.45, 2.75) is 64.5 Å². The van der Waals surface area contributed by atoms with Gasteiger partial charge in [-0.2, -0.15) is 0 Å². The molecule has 1 saturated carbocycles. The van der Waals surface area contributed by atoms with E-state index in [-0.39, 0.29) is 0 Å². The van der Waals surface area contributed by atoms with E-state index < -0.39 is 0 Å². The average molecular weight is 391 g/mol. The molecule has 1 aromatic rings. The Morgan fingerprint density at radius 2 is 1.86 bits per heavy atom. The Hall–Kier alpha value is -1.54. The highest BCUT2D eigenvalue weighted by atomic mass is 16.5. The summed E-state index contributed by atoms with van der Waals surface area (Å²) in [6, 6.07) is 0. The number of hydrogen-bond donors (Lipinski definition) is 0. The van der Waals surface area contributed by atoms with E-state index in [0.29, 0.717) is 18.9 Å². The lowest BCUT2D eigenvalue weighted by Gasteiger charge is -2.27. The summed E-state index contributed by atoms with van der Waals surface area (Å²) in [5, 5.41) is 12.1. The van der Waals surface area contributed by atoms with Crippen molar-refractivity contribution in [2.75, 3.05) is 39.4 Å². The number of morpholine rings is 1. The van der Waals surface area contributed by atoms with Gasteiger partial charge >= 0.3 is 0 Å². The molecule has 1 amide bonds. The first-order valence-electron chi connectivity index (χ1n) is 11.1. The number of tetrazole rings is 1. The van der Waals surface area contributed by atoms with Crippen LogP contribution in [-0.2, 0) is 22.6 Å².